The Hall–Kier alpha value is -2.56. The zero-order chi connectivity index (χ0) is 21.6. The summed E-state index contributed by atoms with van der Waals surface area (Å²) >= 11 is 7.63. The number of halogens is 2. The van der Waals surface area contributed by atoms with Crippen LogP contribution in [-0.2, 0) is 10.2 Å². The van der Waals surface area contributed by atoms with Gasteiger partial charge in [0.15, 0.2) is 0 Å². The molecule has 0 heterocycles. The highest BCUT2D eigenvalue weighted by atomic mass is 79.9. The number of benzene rings is 3. The van der Waals surface area contributed by atoms with E-state index >= 15 is 0 Å². The molecule has 3 aromatic carbocycles. The maximum Gasteiger partial charge on any atom is 0.124 e. The zero-order valence-electron chi connectivity index (χ0n) is 17.2. The van der Waals surface area contributed by atoms with Crippen LogP contribution in [0.15, 0.2) is 94.1 Å². The number of hydrogen-bond donors (Lipinski definition) is 0. The Balaban J connectivity index is 1.89. The van der Waals surface area contributed by atoms with Crippen LogP contribution in [0.5, 0.6) is 5.75 Å². The molecule has 0 amide bonds. The first-order chi connectivity index (χ1) is 15.1. The minimum Gasteiger partial charge on any atom is -0.504 e. The fourth-order valence-electron chi connectivity index (χ4n) is 4.92. The lowest BCUT2D eigenvalue weighted by Gasteiger charge is -2.28. The molecule has 0 aromatic heterocycles. The van der Waals surface area contributed by atoms with Crippen molar-refractivity contribution in [2.24, 2.45) is 0 Å². The predicted molar refractivity (Wildman–Crippen MR) is 134 cm³/mol. The molecule has 3 aromatic rings. The van der Waals surface area contributed by atoms with Crippen LogP contribution in [0.2, 0.25) is 0 Å². The zero-order valence-corrected chi connectivity index (χ0v) is 20.3. The van der Waals surface area contributed by atoms with Gasteiger partial charge in [-0.25, -0.2) is 0 Å². The number of fused-ring (bicyclic) bond motifs is 7. The second-order valence-electron chi connectivity index (χ2n) is 7.54. The lowest BCUT2D eigenvalue weighted by molar-refractivity contribution is 0.338. The smallest absolute Gasteiger partial charge is 0.124 e. The van der Waals surface area contributed by atoms with Gasteiger partial charge in [-0.1, -0.05) is 86.5 Å². The Morgan fingerprint density at radius 3 is 2.29 bits per heavy atom. The Labute approximate surface area is 199 Å². The normalized spacial score (nSPS) is 18.7. The van der Waals surface area contributed by atoms with E-state index in [9.17, 15) is 0 Å². The molecule has 1 unspecified atom stereocenters. The van der Waals surface area contributed by atoms with Gasteiger partial charge in [0.25, 0.3) is 0 Å². The molecule has 2 aliphatic carbocycles. The Bertz CT molecular complexity index is 1290. The summed E-state index contributed by atoms with van der Waals surface area (Å²) in [5.74, 6) is 0.890. The van der Waals surface area contributed by atoms with Gasteiger partial charge in [0, 0.05) is 20.1 Å². The summed E-state index contributed by atoms with van der Waals surface area (Å²) in [7, 11) is 3.39. The maximum absolute atomic E-state index is 5.92. The molecule has 1 spiro atoms. The average molecular weight is 536 g/mol. The molecule has 154 valence electrons. The van der Waals surface area contributed by atoms with Crippen molar-refractivity contribution in [3.05, 3.63) is 116 Å². The summed E-state index contributed by atoms with van der Waals surface area (Å²) in [6.45, 7) is 0. The third kappa shape index (κ3) is 2.89. The van der Waals surface area contributed by atoms with Gasteiger partial charge in [-0.15, -0.1) is 0 Å². The van der Waals surface area contributed by atoms with Crippen molar-refractivity contribution < 1.29 is 9.47 Å². The van der Waals surface area contributed by atoms with E-state index in [1.807, 2.05) is 12.2 Å². The minimum atomic E-state index is -0.426. The van der Waals surface area contributed by atoms with E-state index < -0.39 is 5.41 Å². The third-order valence-corrected chi connectivity index (χ3v) is 7.42. The summed E-state index contributed by atoms with van der Waals surface area (Å²) in [6.07, 6.45) is 7.95. The Morgan fingerprint density at radius 1 is 0.903 bits per heavy atom. The van der Waals surface area contributed by atoms with Crippen LogP contribution in [0.1, 0.15) is 22.3 Å². The molecule has 2 nitrogen and oxygen atoms in total. The maximum atomic E-state index is 5.92. The fourth-order valence-corrected chi connectivity index (χ4v) is 5.94. The highest BCUT2D eigenvalue weighted by Crippen LogP contribution is 2.62. The van der Waals surface area contributed by atoms with Gasteiger partial charge < -0.3 is 9.47 Å². The molecule has 0 bridgehead atoms. The quantitative estimate of drug-likeness (QED) is 0.253. The highest BCUT2D eigenvalue weighted by Gasteiger charge is 2.50. The topological polar surface area (TPSA) is 18.5 Å². The molecule has 2 aliphatic rings. The molecule has 0 radical (unpaired) electrons. The van der Waals surface area contributed by atoms with Crippen LogP contribution in [0.3, 0.4) is 0 Å². The number of ether oxygens (including phenoxy) is 2. The van der Waals surface area contributed by atoms with Crippen molar-refractivity contribution >= 4 is 37.4 Å². The largest absolute Gasteiger partial charge is 0.504 e. The molecule has 4 heteroatoms. The van der Waals surface area contributed by atoms with Gasteiger partial charge in [-0.2, -0.15) is 0 Å². The molecule has 0 saturated carbocycles. The van der Waals surface area contributed by atoms with E-state index in [0.717, 1.165) is 20.3 Å². The molecule has 0 aliphatic heterocycles. The second kappa shape index (κ2) is 7.85. The molecule has 0 saturated heterocycles. The summed E-state index contributed by atoms with van der Waals surface area (Å²) in [4.78, 5) is 0. The SMILES string of the molecule is CO/C=C/C=C(/Br)C1=CC2(c3ccccc31)c1ccccc1-c1c(Br)ccc(OC)c12. The molecule has 5 rings (SSSR count). The van der Waals surface area contributed by atoms with E-state index in [1.54, 1.807) is 20.5 Å². The lowest BCUT2D eigenvalue weighted by Crippen LogP contribution is -2.23. The second-order valence-corrected chi connectivity index (χ2v) is 9.24. The van der Waals surface area contributed by atoms with E-state index in [2.05, 4.69) is 98.6 Å². The lowest BCUT2D eigenvalue weighted by atomic mass is 9.74. The minimum absolute atomic E-state index is 0.426. The molecular formula is C27H20Br2O2. The number of methoxy groups -OCH3 is 2. The van der Waals surface area contributed by atoms with Crippen molar-refractivity contribution in [3.8, 4) is 16.9 Å². The van der Waals surface area contributed by atoms with Crippen LogP contribution in [0.4, 0.5) is 0 Å². The van der Waals surface area contributed by atoms with Gasteiger partial charge >= 0.3 is 0 Å². The van der Waals surface area contributed by atoms with Crippen molar-refractivity contribution in [1.82, 2.24) is 0 Å². The Morgan fingerprint density at radius 2 is 1.58 bits per heavy atom. The van der Waals surface area contributed by atoms with Gasteiger partial charge in [0.1, 0.15) is 5.75 Å². The van der Waals surface area contributed by atoms with Crippen LogP contribution >= 0.6 is 31.9 Å². The number of rotatable bonds is 4. The van der Waals surface area contributed by atoms with Crippen molar-refractivity contribution in [2.45, 2.75) is 5.41 Å². The summed E-state index contributed by atoms with van der Waals surface area (Å²) in [5, 5.41) is 0. The first-order valence-corrected chi connectivity index (χ1v) is 11.6. The predicted octanol–water partition coefficient (Wildman–Crippen LogP) is 7.61. The van der Waals surface area contributed by atoms with Crippen molar-refractivity contribution in [2.75, 3.05) is 14.2 Å². The third-order valence-electron chi connectivity index (χ3n) is 6.07. The van der Waals surface area contributed by atoms with Gasteiger partial charge in [-0.3, -0.25) is 0 Å². The van der Waals surface area contributed by atoms with Gasteiger partial charge in [-0.05, 0) is 52.1 Å². The summed E-state index contributed by atoms with van der Waals surface area (Å²) < 4.78 is 13.1. The average Bonchev–Trinajstić information content (AvgIpc) is 3.30. The number of hydrogen-bond acceptors (Lipinski definition) is 2. The van der Waals surface area contributed by atoms with Crippen LogP contribution < -0.4 is 4.74 Å². The first-order valence-electron chi connectivity index (χ1n) is 9.98. The van der Waals surface area contributed by atoms with E-state index in [-0.39, 0.29) is 0 Å². The van der Waals surface area contributed by atoms with E-state index in [0.29, 0.717) is 0 Å². The molecule has 31 heavy (non-hydrogen) atoms. The van der Waals surface area contributed by atoms with Crippen LogP contribution in [0, 0.1) is 0 Å². The van der Waals surface area contributed by atoms with E-state index in [1.165, 1.54) is 33.4 Å². The van der Waals surface area contributed by atoms with Crippen LogP contribution in [-0.4, -0.2) is 14.2 Å². The standard InChI is InChI=1S/C27H20Br2O2/c1-30-15-7-12-22(28)19-16-27(20-10-5-3-8-17(19)20)21-11-6-4-9-18(21)25-23(29)13-14-24(31-2)26(25)27/h3-16H,1-2H3/b15-7+,22-12+. The highest BCUT2D eigenvalue weighted by molar-refractivity contribution is 9.12. The summed E-state index contributed by atoms with van der Waals surface area (Å²) in [6, 6.07) is 21.4. The van der Waals surface area contributed by atoms with Gasteiger partial charge in [0.05, 0.1) is 25.9 Å². The number of allylic oxidation sites excluding steroid dienone is 5. The monoisotopic (exact) mass is 534 g/mol. The Kier molecular flexibility index (Phi) is 5.15. The molecule has 0 N–H and O–H groups in total. The fraction of sp³-hybridized carbons (Fsp3) is 0.111. The molecule has 0 fully saturated rings. The van der Waals surface area contributed by atoms with Crippen molar-refractivity contribution in [1.29, 1.82) is 0 Å². The molecular weight excluding hydrogens is 516 g/mol. The van der Waals surface area contributed by atoms with Crippen LogP contribution in [0.25, 0.3) is 16.7 Å². The summed E-state index contributed by atoms with van der Waals surface area (Å²) in [5.41, 5.74) is 8.07. The first kappa shape index (κ1) is 20.3. The van der Waals surface area contributed by atoms with Gasteiger partial charge in [0.2, 0.25) is 0 Å². The van der Waals surface area contributed by atoms with Crippen molar-refractivity contribution in [3.63, 3.8) is 0 Å². The van der Waals surface area contributed by atoms with E-state index in [4.69, 9.17) is 9.47 Å². The molecule has 1 atom stereocenters.